The number of aliphatic hydroxyl groups is 1. The molecule has 1 amide bonds. The zero-order valence-corrected chi connectivity index (χ0v) is 13.4. The van der Waals surface area contributed by atoms with Crippen molar-refractivity contribution in [3.05, 3.63) is 67.2 Å². The largest absolute Gasteiger partial charge is 0.378 e. The molecule has 108 valence electrons. The van der Waals surface area contributed by atoms with Gasteiger partial charge in [0.15, 0.2) is 0 Å². The van der Waals surface area contributed by atoms with Crippen LogP contribution in [0, 0.1) is 0 Å². The smallest absolute Gasteiger partial charge is 0.261 e. The Kier molecular flexibility index (Phi) is 4.21. The van der Waals surface area contributed by atoms with E-state index in [-0.39, 0.29) is 12.5 Å². The van der Waals surface area contributed by atoms with Crippen molar-refractivity contribution in [2.75, 3.05) is 6.54 Å². The van der Waals surface area contributed by atoms with Crippen LogP contribution in [-0.2, 0) is 5.60 Å². The van der Waals surface area contributed by atoms with Crippen molar-refractivity contribution in [2.45, 2.75) is 5.60 Å². The van der Waals surface area contributed by atoms with Crippen molar-refractivity contribution in [1.82, 2.24) is 5.32 Å². The van der Waals surface area contributed by atoms with Crippen LogP contribution in [0.15, 0.2) is 51.9 Å². The van der Waals surface area contributed by atoms with Crippen LogP contribution < -0.4 is 5.32 Å². The summed E-state index contributed by atoms with van der Waals surface area (Å²) in [7, 11) is 0. The van der Waals surface area contributed by atoms with Gasteiger partial charge in [0, 0.05) is 10.4 Å². The Bertz CT molecular complexity index is 653. The Hall–Kier alpha value is -1.47. The molecule has 2 N–H and O–H groups in total. The molecule has 21 heavy (non-hydrogen) atoms. The van der Waals surface area contributed by atoms with E-state index in [9.17, 15) is 9.90 Å². The van der Waals surface area contributed by atoms with E-state index in [0.717, 1.165) is 10.4 Å². The zero-order chi connectivity index (χ0) is 14.7. The Morgan fingerprint density at radius 1 is 1.14 bits per heavy atom. The zero-order valence-electron chi connectivity index (χ0n) is 11.0. The molecule has 0 aliphatic carbocycles. The Labute approximate surface area is 134 Å². The van der Waals surface area contributed by atoms with Crippen molar-refractivity contribution < 1.29 is 9.90 Å². The van der Waals surface area contributed by atoms with E-state index in [4.69, 9.17) is 0 Å². The summed E-state index contributed by atoms with van der Waals surface area (Å²) in [5, 5.41) is 21.5. The monoisotopic (exact) mass is 335 g/mol. The summed E-state index contributed by atoms with van der Waals surface area (Å²) < 4.78 is 0. The van der Waals surface area contributed by atoms with E-state index in [1.165, 1.54) is 34.0 Å². The van der Waals surface area contributed by atoms with Gasteiger partial charge in [0.2, 0.25) is 0 Å². The molecule has 3 rings (SSSR count). The fourth-order valence-electron chi connectivity index (χ4n) is 2.05. The van der Waals surface area contributed by atoms with Gasteiger partial charge in [-0.25, -0.2) is 0 Å². The molecule has 0 aromatic carbocycles. The highest BCUT2D eigenvalue weighted by Crippen LogP contribution is 2.33. The van der Waals surface area contributed by atoms with Crippen molar-refractivity contribution in [3.8, 4) is 0 Å². The topological polar surface area (TPSA) is 49.3 Å². The van der Waals surface area contributed by atoms with Crippen LogP contribution in [0.3, 0.4) is 0 Å². The summed E-state index contributed by atoms with van der Waals surface area (Å²) in [5.74, 6) is -0.157. The number of carbonyl (C=O) groups excluding carboxylic acids is 1. The van der Waals surface area contributed by atoms with Crippen molar-refractivity contribution in [2.24, 2.45) is 0 Å². The summed E-state index contributed by atoms with van der Waals surface area (Å²) >= 11 is 4.40. The summed E-state index contributed by atoms with van der Waals surface area (Å²) in [5.41, 5.74) is -0.373. The maximum Gasteiger partial charge on any atom is 0.261 e. The maximum absolute atomic E-state index is 12.1. The van der Waals surface area contributed by atoms with Crippen molar-refractivity contribution >= 4 is 39.9 Å². The predicted octanol–water partition coefficient (Wildman–Crippen LogP) is 3.54. The predicted molar refractivity (Wildman–Crippen MR) is 88.3 cm³/mol. The summed E-state index contributed by atoms with van der Waals surface area (Å²) in [4.78, 5) is 13.6. The van der Waals surface area contributed by atoms with Crippen LogP contribution in [0.5, 0.6) is 0 Å². The Morgan fingerprint density at radius 2 is 1.95 bits per heavy atom. The number of nitrogens with one attached hydrogen (secondary N) is 1. The van der Waals surface area contributed by atoms with E-state index in [1.807, 2.05) is 45.8 Å². The SMILES string of the molecule is O=C(NCC(O)(c1ccsc1)c1cccs1)c1cccs1. The molecule has 3 aromatic heterocycles. The minimum Gasteiger partial charge on any atom is -0.378 e. The van der Waals surface area contributed by atoms with Crippen LogP contribution in [0.2, 0.25) is 0 Å². The summed E-state index contributed by atoms with van der Waals surface area (Å²) in [6, 6.07) is 9.29. The van der Waals surface area contributed by atoms with Crippen molar-refractivity contribution in [3.63, 3.8) is 0 Å². The van der Waals surface area contributed by atoms with Crippen molar-refractivity contribution in [1.29, 1.82) is 0 Å². The molecule has 3 nitrogen and oxygen atoms in total. The van der Waals surface area contributed by atoms with E-state index < -0.39 is 5.60 Å². The molecule has 1 atom stereocenters. The Morgan fingerprint density at radius 3 is 2.57 bits per heavy atom. The van der Waals surface area contributed by atoms with Gasteiger partial charge in [-0.05, 0) is 39.7 Å². The van der Waals surface area contributed by atoms with E-state index in [1.54, 1.807) is 6.07 Å². The summed E-state index contributed by atoms with van der Waals surface area (Å²) in [6.07, 6.45) is 0. The molecule has 0 bridgehead atoms. The lowest BCUT2D eigenvalue weighted by Gasteiger charge is -2.26. The third kappa shape index (κ3) is 2.94. The number of thiophene rings is 3. The Balaban J connectivity index is 1.83. The molecule has 0 aliphatic rings. The molecule has 0 aliphatic heterocycles. The van der Waals surface area contributed by atoms with Gasteiger partial charge in [0.05, 0.1) is 11.4 Å². The third-order valence-electron chi connectivity index (χ3n) is 3.18. The van der Waals surface area contributed by atoms with Gasteiger partial charge < -0.3 is 10.4 Å². The van der Waals surface area contributed by atoms with E-state index >= 15 is 0 Å². The second-order valence-electron chi connectivity index (χ2n) is 4.51. The van der Waals surface area contributed by atoms with E-state index in [0.29, 0.717) is 4.88 Å². The highest BCUT2D eigenvalue weighted by Gasteiger charge is 2.33. The number of rotatable bonds is 5. The van der Waals surface area contributed by atoms with Crippen LogP contribution in [0.1, 0.15) is 20.1 Å². The molecule has 3 heterocycles. The fourth-order valence-corrected chi connectivity index (χ4v) is 4.26. The lowest BCUT2D eigenvalue weighted by molar-refractivity contribution is 0.0723. The first-order chi connectivity index (χ1) is 10.2. The second-order valence-corrected chi connectivity index (χ2v) is 7.19. The van der Waals surface area contributed by atoms with Gasteiger partial charge in [-0.1, -0.05) is 12.1 Å². The first kappa shape index (κ1) is 14.5. The average Bonchev–Trinajstić information content (AvgIpc) is 3.27. The number of hydrogen-bond donors (Lipinski definition) is 2. The highest BCUT2D eigenvalue weighted by atomic mass is 32.1. The molecule has 0 saturated carbocycles. The molecule has 3 aromatic rings. The number of carbonyl (C=O) groups is 1. The molecule has 0 saturated heterocycles. The number of amides is 1. The standard InChI is InChI=1S/C15H13NO2S3/c17-14(12-3-1-6-20-12)16-10-15(18,11-5-8-19-9-11)13-4-2-7-21-13/h1-9,18H,10H2,(H,16,17). The van der Waals surface area contributed by atoms with Gasteiger partial charge in [-0.15, -0.1) is 22.7 Å². The molecule has 0 spiro atoms. The van der Waals surface area contributed by atoms with Gasteiger partial charge in [-0.2, -0.15) is 11.3 Å². The number of hydrogen-bond acceptors (Lipinski definition) is 5. The first-order valence-corrected chi connectivity index (χ1v) is 9.01. The molecular weight excluding hydrogens is 322 g/mol. The highest BCUT2D eigenvalue weighted by molar-refractivity contribution is 7.12. The quantitative estimate of drug-likeness (QED) is 0.749. The minimum atomic E-state index is -1.18. The molecule has 0 radical (unpaired) electrons. The third-order valence-corrected chi connectivity index (χ3v) is 5.75. The normalized spacial score (nSPS) is 13.8. The van der Waals surface area contributed by atoms with Crippen LogP contribution in [-0.4, -0.2) is 17.6 Å². The maximum atomic E-state index is 12.1. The summed E-state index contributed by atoms with van der Waals surface area (Å²) in [6.45, 7) is 0.154. The molecule has 1 unspecified atom stereocenters. The fraction of sp³-hybridized carbons (Fsp3) is 0.133. The van der Waals surface area contributed by atoms with Gasteiger partial charge in [0.25, 0.3) is 5.91 Å². The first-order valence-electron chi connectivity index (χ1n) is 6.31. The minimum absolute atomic E-state index is 0.154. The van der Waals surface area contributed by atoms with Gasteiger partial charge >= 0.3 is 0 Å². The van der Waals surface area contributed by atoms with Crippen LogP contribution >= 0.6 is 34.0 Å². The van der Waals surface area contributed by atoms with Crippen LogP contribution in [0.25, 0.3) is 0 Å². The second kappa shape index (κ2) is 6.11. The van der Waals surface area contributed by atoms with Gasteiger partial charge in [0.1, 0.15) is 5.60 Å². The van der Waals surface area contributed by atoms with E-state index in [2.05, 4.69) is 5.32 Å². The van der Waals surface area contributed by atoms with Crippen LogP contribution in [0.4, 0.5) is 0 Å². The molecule has 0 fully saturated rings. The lowest BCUT2D eigenvalue weighted by atomic mass is 9.94. The van der Waals surface area contributed by atoms with Gasteiger partial charge in [-0.3, -0.25) is 4.79 Å². The average molecular weight is 335 g/mol. The lowest BCUT2D eigenvalue weighted by Crippen LogP contribution is -2.40. The molecule has 6 heteroatoms. The molecular formula is C15H13NO2S3.